The second kappa shape index (κ2) is 9.41. The minimum Gasteiger partial charge on any atom is -0.493 e. The van der Waals surface area contributed by atoms with Gasteiger partial charge in [0.1, 0.15) is 5.75 Å². The van der Waals surface area contributed by atoms with E-state index in [4.69, 9.17) is 15.8 Å². The Balaban J connectivity index is 2.38. The maximum Gasteiger partial charge on any atom is 0.119 e. The number of ether oxygens (including phenoxy) is 1. The molecule has 0 aliphatic carbocycles. The van der Waals surface area contributed by atoms with Crippen molar-refractivity contribution in [3.63, 3.8) is 0 Å². The summed E-state index contributed by atoms with van der Waals surface area (Å²) in [6, 6.07) is 7.55. The zero-order valence-electron chi connectivity index (χ0n) is 10.4. The predicted molar refractivity (Wildman–Crippen MR) is 73.6 cm³/mol. The standard InChI is InChI=1S/C12H14N6O/c13-17-15-8-2-1-3-11-4-6-12(7-5-11)19-10-9-16-18-14/h1,3-7H,2,8-10H2. The van der Waals surface area contributed by atoms with E-state index in [0.29, 0.717) is 26.1 Å². The summed E-state index contributed by atoms with van der Waals surface area (Å²) in [7, 11) is 0. The monoisotopic (exact) mass is 258 g/mol. The SMILES string of the molecule is [N-]=[N+]=NCCC=Cc1ccc(OCCN=[N+]=[N-])cc1. The molecule has 1 aromatic rings. The van der Waals surface area contributed by atoms with Gasteiger partial charge >= 0.3 is 0 Å². The van der Waals surface area contributed by atoms with E-state index in [0.717, 1.165) is 11.3 Å². The van der Waals surface area contributed by atoms with Crippen LogP contribution in [0, 0.1) is 0 Å². The van der Waals surface area contributed by atoms with Crippen LogP contribution in [0.5, 0.6) is 5.75 Å². The van der Waals surface area contributed by atoms with Gasteiger partial charge in [-0.3, -0.25) is 0 Å². The highest BCUT2D eigenvalue weighted by Crippen LogP contribution is 2.13. The van der Waals surface area contributed by atoms with Crippen LogP contribution in [0.25, 0.3) is 27.0 Å². The van der Waals surface area contributed by atoms with E-state index in [-0.39, 0.29) is 0 Å². The first-order valence-corrected chi connectivity index (χ1v) is 5.78. The summed E-state index contributed by atoms with van der Waals surface area (Å²) in [6.45, 7) is 1.15. The van der Waals surface area contributed by atoms with Gasteiger partial charge in [-0.25, -0.2) is 0 Å². The van der Waals surface area contributed by atoms with Crippen molar-refractivity contribution >= 4 is 6.08 Å². The molecule has 7 heteroatoms. The van der Waals surface area contributed by atoms with Gasteiger partial charge in [-0.2, -0.15) is 0 Å². The molecule has 0 heterocycles. The normalized spacial score (nSPS) is 9.68. The smallest absolute Gasteiger partial charge is 0.119 e. The van der Waals surface area contributed by atoms with E-state index in [1.165, 1.54) is 0 Å². The predicted octanol–water partition coefficient (Wildman–Crippen LogP) is 4.09. The van der Waals surface area contributed by atoms with Crippen molar-refractivity contribution in [2.45, 2.75) is 6.42 Å². The lowest BCUT2D eigenvalue weighted by molar-refractivity contribution is 0.328. The minimum atomic E-state index is 0.317. The van der Waals surface area contributed by atoms with E-state index < -0.39 is 0 Å². The number of rotatable bonds is 8. The molecule has 1 aromatic carbocycles. The summed E-state index contributed by atoms with van der Waals surface area (Å²) in [6.07, 6.45) is 4.62. The Morgan fingerprint density at radius 1 is 1.05 bits per heavy atom. The van der Waals surface area contributed by atoms with Crippen LogP contribution in [0.3, 0.4) is 0 Å². The number of hydrogen-bond acceptors (Lipinski definition) is 3. The van der Waals surface area contributed by atoms with Crippen LogP contribution in [0.1, 0.15) is 12.0 Å². The second-order valence-corrected chi connectivity index (χ2v) is 3.52. The van der Waals surface area contributed by atoms with E-state index in [2.05, 4.69) is 20.1 Å². The maximum atomic E-state index is 8.11. The number of benzene rings is 1. The molecule has 0 unspecified atom stereocenters. The summed E-state index contributed by atoms with van der Waals surface area (Å²) in [5, 5.41) is 6.82. The van der Waals surface area contributed by atoms with Gasteiger partial charge in [0, 0.05) is 16.4 Å². The Hall–Kier alpha value is -2.62. The molecule has 0 N–H and O–H groups in total. The number of azide groups is 2. The van der Waals surface area contributed by atoms with Gasteiger partial charge in [-0.15, -0.1) is 0 Å². The van der Waals surface area contributed by atoms with Crippen molar-refractivity contribution in [1.29, 1.82) is 0 Å². The fourth-order valence-electron chi connectivity index (χ4n) is 1.32. The van der Waals surface area contributed by atoms with Crippen LogP contribution in [0.2, 0.25) is 0 Å². The first-order valence-electron chi connectivity index (χ1n) is 5.78. The summed E-state index contributed by atoms with van der Waals surface area (Å²) in [4.78, 5) is 5.32. The molecule has 0 saturated heterocycles. The summed E-state index contributed by atoms with van der Waals surface area (Å²) >= 11 is 0. The van der Waals surface area contributed by atoms with Crippen molar-refractivity contribution in [3.05, 3.63) is 56.8 Å². The number of hydrogen-bond donors (Lipinski definition) is 0. The summed E-state index contributed by atoms with van der Waals surface area (Å²) in [5.41, 5.74) is 17.3. The Labute approximate surface area is 110 Å². The molecule has 1 rings (SSSR count). The zero-order valence-corrected chi connectivity index (χ0v) is 10.4. The first kappa shape index (κ1) is 14.4. The average Bonchev–Trinajstić information content (AvgIpc) is 2.45. The lowest BCUT2D eigenvalue weighted by Crippen LogP contribution is -1.99. The first-order chi connectivity index (χ1) is 9.36. The largest absolute Gasteiger partial charge is 0.493 e. The Kier molecular flexibility index (Phi) is 7.16. The third-order valence-electron chi connectivity index (χ3n) is 2.17. The molecule has 0 fully saturated rings. The van der Waals surface area contributed by atoms with Gasteiger partial charge in [-0.05, 0) is 35.2 Å². The second-order valence-electron chi connectivity index (χ2n) is 3.52. The summed E-state index contributed by atoms with van der Waals surface area (Å²) in [5.74, 6) is 0.736. The molecule has 98 valence electrons. The van der Waals surface area contributed by atoms with Crippen LogP contribution >= 0.6 is 0 Å². The highest BCUT2D eigenvalue weighted by Gasteiger charge is 1.92. The van der Waals surface area contributed by atoms with Crippen molar-refractivity contribution in [2.75, 3.05) is 19.7 Å². The highest BCUT2D eigenvalue weighted by atomic mass is 16.5. The lowest BCUT2D eigenvalue weighted by atomic mass is 10.2. The Morgan fingerprint density at radius 2 is 1.74 bits per heavy atom. The molecule has 0 amide bonds. The molecule has 0 aliphatic rings. The van der Waals surface area contributed by atoms with Gasteiger partial charge in [0.25, 0.3) is 0 Å². The molecule has 0 bridgehead atoms. The molecule has 19 heavy (non-hydrogen) atoms. The average molecular weight is 258 g/mol. The molecule has 0 aliphatic heterocycles. The minimum absolute atomic E-state index is 0.317. The lowest BCUT2D eigenvalue weighted by Gasteiger charge is -2.03. The Morgan fingerprint density at radius 3 is 2.42 bits per heavy atom. The molecule has 7 nitrogen and oxygen atoms in total. The molecule has 0 radical (unpaired) electrons. The molecule has 0 atom stereocenters. The fourth-order valence-corrected chi connectivity index (χ4v) is 1.32. The number of nitrogens with zero attached hydrogens (tertiary/aromatic N) is 6. The van der Waals surface area contributed by atoms with Crippen LogP contribution in [-0.4, -0.2) is 19.7 Å². The van der Waals surface area contributed by atoms with E-state index in [1.807, 2.05) is 36.4 Å². The molecule has 0 spiro atoms. The van der Waals surface area contributed by atoms with Crippen molar-refractivity contribution in [2.24, 2.45) is 10.2 Å². The van der Waals surface area contributed by atoms with Crippen LogP contribution in [0.4, 0.5) is 0 Å². The van der Waals surface area contributed by atoms with Gasteiger partial charge in [-0.1, -0.05) is 34.5 Å². The van der Waals surface area contributed by atoms with Crippen molar-refractivity contribution < 1.29 is 4.74 Å². The molecule has 0 aromatic heterocycles. The van der Waals surface area contributed by atoms with Crippen molar-refractivity contribution in [3.8, 4) is 5.75 Å². The van der Waals surface area contributed by atoms with E-state index >= 15 is 0 Å². The summed E-state index contributed by atoms with van der Waals surface area (Å²) < 4.78 is 5.38. The van der Waals surface area contributed by atoms with E-state index in [1.54, 1.807) is 0 Å². The van der Waals surface area contributed by atoms with Gasteiger partial charge in [0.15, 0.2) is 0 Å². The Bertz CT molecular complexity index is 497. The third kappa shape index (κ3) is 6.63. The molecular formula is C12H14N6O. The van der Waals surface area contributed by atoms with Crippen LogP contribution in [0.15, 0.2) is 40.6 Å². The molecular weight excluding hydrogens is 244 g/mol. The van der Waals surface area contributed by atoms with Crippen molar-refractivity contribution in [1.82, 2.24) is 0 Å². The van der Waals surface area contributed by atoms with E-state index in [9.17, 15) is 0 Å². The zero-order chi connectivity index (χ0) is 13.8. The van der Waals surface area contributed by atoms with Gasteiger partial charge < -0.3 is 4.74 Å². The highest BCUT2D eigenvalue weighted by molar-refractivity contribution is 5.50. The quantitative estimate of drug-likeness (QED) is 0.297. The fraction of sp³-hybridized carbons (Fsp3) is 0.333. The van der Waals surface area contributed by atoms with Gasteiger partial charge in [0.05, 0.1) is 13.2 Å². The molecule has 0 saturated carbocycles. The van der Waals surface area contributed by atoms with Crippen LogP contribution in [-0.2, 0) is 0 Å². The maximum absolute atomic E-state index is 8.11. The van der Waals surface area contributed by atoms with Crippen LogP contribution < -0.4 is 4.74 Å². The third-order valence-corrected chi connectivity index (χ3v) is 2.17. The topological polar surface area (TPSA) is 107 Å². The van der Waals surface area contributed by atoms with Gasteiger partial charge in [0.2, 0.25) is 0 Å².